The molecule has 1 amide bonds. The van der Waals surface area contributed by atoms with E-state index in [2.05, 4.69) is 28.8 Å². The second-order valence-corrected chi connectivity index (χ2v) is 6.85. The molecular weight excluding hydrogens is 334 g/mol. The van der Waals surface area contributed by atoms with Crippen molar-refractivity contribution in [1.82, 2.24) is 5.32 Å². The second-order valence-electron chi connectivity index (χ2n) is 6.85. The number of benzene rings is 2. The molecule has 0 aliphatic heterocycles. The third-order valence-electron chi connectivity index (χ3n) is 5.01. The monoisotopic (exact) mass is 359 g/mol. The van der Waals surface area contributed by atoms with Crippen molar-refractivity contribution in [3.8, 4) is 6.07 Å². The number of para-hydroxylation sites is 1. The minimum atomic E-state index is -0.356. The molecule has 2 aromatic carbocycles. The summed E-state index contributed by atoms with van der Waals surface area (Å²) in [4.78, 5) is 12.6. The summed E-state index contributed by atoms with van der Waals surface area (Å²) in [6.45, 7) is 2.04. The Morgan fingerprint density at radius 2 is 1.89 bits per heavy atom. The lowest BCUT2D eigenvalue weighted by Crippen LogP contribution is -2.29. The summed E-state index contributed by atoms with van der Waals surface area (Å²) in [7, 11) is 0. The molecule has 27 heavy (non-hydrogen) atoms. The van der Waals surface area contributed by atoms with Crippen molar-refractivity contribution >= 4 is 11.6 Å². The highest BCUT2D eigenvalue weighted by Gasteiger charge is 2.18. The van der Waals surface area contributed by atoms with Gasteiger partial charge in [0.05, 0.1) is 6.04 Å². The molecule has 0 aromatic heterocycles. The quantitative estimate of drug-likeness (QED) is 0.583. The van der Waals surface area contributed by atoms with Gasteiger partial charge in [0.25, 0.3) is 5.91 Å². The Morgan fingerprint density at radius 1 is 1.15 bits per heavy atom. The lowest BCUT2D eigenvalue weighted by Gasteiger charge is -2.21. The molecule has 0 radical (unpaired) electrons. The Balaban J connectivity index is 1.71. The zero-order chi connectivity index (χ0) is 19.1. The Labute approximate surface area is 160 Å². The smallest absolute Gasteiger partial charge is 0.263 e. The van der Waals surface area contributed by atoms with E-state index in [4.69, 9.17) is 0 Å². The number of hydrogen-bond donors (Lipinski definition) is 2. The van der Waals surface area contributed by atoms with Gasteiger partial charge in [-0.05, 0) is 60.9 Å². The first-order chi connectivity index (χ1) is 13.2. The molecule has 1 aliphatic carbocycles. The van der Waals surface area contributed by atoms with Crippen LogP contribution in [0.2, 0.25) is 0 Å². The minimum Gasteiger partial charge on any atom is -0.360 e. The number of hydrogen-bond acceptors (Lipinski definition) is 3. The van der Waals surface area contributed by atoms with Crippen LogP contribution < -0.4 is 10.6 Å². The first-order valence-electron chi connectivity index (χ1n) is 9.55. The topological polar surface area (TPSA) is 64.9 Å². The van der Waals surface area contributed by atoms with Gasteiger partial charge in [-0.2, -0.15) is 5.26 Å². The van der Waals surface area contributed by atoms with Crippen molar-refractivity contribution in [2.75, 3.05) is 5.32 Å². The number of rotatable bonds is 6. The van der Waals surface area contributed by atoms with E-state index in [-0.39, 0.29) is 17.5 Å². The Kier molecular flexibility index (Phi) is 6.27. The van der Waals surface area contributed by atoms with Crippen molar-refractivity contribution in [2.45, 2.75) is 45.1 Å². The number of nitrogens with one attached hydrogen (secondary N) is 2. The SMILES string of the molecule is CCC(NC(=O)/C(C#N)=C\Nc1ccccc1)c1ccc2c(c1)CCCC2. The van der Waals surface area contributed by atoms with Gasteiger partial charge in [0.15, 0.2) is 0 Å². The summed E-state index contributed by atoms with van der Waals surface area (Å²) in [6, 6.07) is 17.9. The third kappa shape index (κ3) is 4.77. The van der Waals surface area contributed by atoms with Crippen molar-refractivity contribution in [1.29, 1.82) is 5.26 Å². The summed E-state index contributed by atoms with van der Waals surface area (Å²) in [5.41, 5.74) is 4.83. The molecule has 138 valence electrons. The van der Waals surface area contributed by atoms with Crippen LogP contribution in [0.15, 0.2) is 60.3 Å². The number of amides is 1. The highest BCUT2D eigenvalue weighted by atomic mass is 16.1. The van der Waals surface area contributed by atoms with E-state index in [1.165, 1.54) is 30.2 Å². The number of anilines is 1. The van der Waals surface area contributed by atoms with E-state index in [0.717, 1.165) is 30.5 Å². The third-order valence-corrected chi connectivity index (χ3v) is 5.01. The van der Waals surface area contributed by atoms with Crippen LogP contribution >= 0.6 is 0 Å². The summed E-state index contributed by atoms with van der Waals surface area (Å²) in [5, 5.41) is 15.4. The molecule has 1 aliphatic rings. The Morgan fingerprint density at radius 3 is 2.59 bits per heavy atom. The molecule has 4 heteroatoms. The number of fused-ring (bicyclic) bond motifs is 1. The van der Waals surface area contributed by atoms with Gasteiger partial charge in [-0.3, -0.25) is 4.79 Å². The highest BCUT2D eigenvalue weighted by molar-refractivity contribution is 5.97. The maximum Gasteiger partial charge on any atom is 0.263 e. The number of carbonyl (C=O) groups is 1. The molecule has 2 N–H and O–H groups in total. The molecular formula is C23H25N3O. The lowest BCUT2D eigenvalue weighted by atomic mass is 9.88. The Bertz CT molecular complexity index is 865. The van der Waals surface area contributed by atoms with Crippen LogP contribution in [0.1, 0.15) is 48.9 Å². The zero-order valence-corrected chi connectivity index (χ0v) is 15.7. The van der Waals surface area contributed by atoms with Crippen molar-refractivity contribution in [3.05, 3.63) is 77.0 Å². The molecule has 0 fully saturated rings. The van der Waals surface area contributed by atoms with Crippen LogP contribution in [-0.2, 0) is 17.6 Å². The molecule has 0 saturated carbocycles. The first-order valence-corrected chi connectivity index (χ1v) is 9.55. The summed E-state index contributed by atoms with van der Waals surface area (Å²) in [5.74, 6) is -0.356. The number of nitrogens with zero attached hydrogens (tertiary/aromatic N) is 1. The number of carbonyl (C=O) groups excluding carboxylic acids is 1. The fourth-order valence-electron chi connectivity index (χ4n) is 3.47. The second kappa shape index (κ2) is 9.05. The van der Waals surface area contributed by atoms with E-state index < -0.39 is 0 Å². The summed E-state index contributed by atoms with van der Waals surface area (Å²) < 4.78 is 0. The van der Waals surface area contributed by atoms with Crippen LogP contribution in [0.5, 0.6) is 0 Å². The van der Waals surface area contributed by atoms with Crippen LogP contribution in [0, 0.1) is 11.3 Å². The molecule has 0 heterocycles. The first kappa shape index (κ1) is 18.7. The molecule has 1 atom stereocenters. The highest BCUT2D eigenvalue weighted by Crippen LogP contribution is 2.26. The molecule has 1 unspecified atom stereocenters. The van der Waals surface area contributed by atoms with Gasteiger partial charge in [-0.1, -0.05) is 43.3 Å². The van der Waals surface area contributed by atoms with Crippen molar-refractivity contribution < 1.29 is 4.79 Å². The van der Waals surface area contributed by atoms with Gasteiger partial charge in [-0.15, -0.1) is 0 Å². The predicted molar refractivity (Wildman–Crippen MR) is 108 cm³/mol. The average molecular weight is 359 g/mol. The molecule has 2 aromatic rings. The lowest BCUT2D eigenvalue weighted by molar-refractivity contribution is -0.117. The largest absolute Gasteiger partial charge is 0.360 e. The Hall–Kier alpha value is -3.06. The van der Waals surface area contributed by atoms with Gasteiger partial charge in [0, 0.05) is 11.9 Å². The maximum absolute atomic E-state index is 12.6. The van der Waals surface area contributed by atoms with Crippen LogP contribution in [0.4, 0.5) is 5.69 Å². The van der Waals surface area contributed by atoms with Gasteiger partial charge in [-0.25, -0.2) is 0 Å². The number of aryl methyl sites for hydroxylation is 2. The van der Waals surface area contributed by atoms with E-state index >= 15 is 0 Å². The van der Waals surface area contributed by atoms with Gasteiger partial charge < -0.3 is 10.6 Å². The summed E-state index contributed by atoms with van der Waals surface area (Å²) >= 11 is 0. The van der Waals surface area contributed by atoms with Crippen LogP contribution in [0.25, 0.3) is 0 Å². The zero-order valence-electron chi connectivity index (χ0n) is 15.7. The average Bonchev–Trinajstić information content (AvgIpc) is 2.73. The maximum atomic E-state index is 12.6. The van der Waals surface area contributed by atoms with Crippen molar-refractivity contribution in [3.63, 3.8) is 0 Å². The van der Waals surface area contributed by atoms with Crippen LogP contribution in [-0.4, -0.2) is 5.91 Å². The molecule has 4 nitrogen and oxygen atoms in total. The van der Waals surface area contributed by atoms with E-state index in [1.807, 2.05) is 43.3 Å². The fraction of sp³-hybridized carbons (Fsp3) is 0.304. The molecule has 0 bridgehead atoms. The van der Waals surface area contributed by atoms with E-state index in [1.54, 1.807) is 0 Å². The molecule has 3 rings (SSSR count). The fourth-order valence-corrected chi connectivity index (χ4v) is 3.47. The molecule has 0 saturated heterocycles. The van der Waals surface area contributed by atoms with Crippen LogP contribution in [0.3, 0.4) is 0 Å². The van der Waals surface area contributed by atoms with E-state index in [9.17, 15) is 10.1 Å². The number of nitriles is 1. The van der Waals surface area contributed by atoms with Crippen molar-refractivity contribution in [2.24, 2.45) is 0 Å². The normalized spacial score (nSPS) is 14.6. The molecule has 0 spiro atoms. The van der Waals surface area contributed by atoms with E-state index in [0.29, 0.717) is 0 Å². The standard InChI is InChI=1S/C23H25N3O/c1-2-22(19-13-12-17-8-6-7-9-18(17)14-19)26-23(27)20(15-24)16-25-21-10-4-3-5-11-21/h3-5,10-14,16,22,25H,2,6-9H2,1H3,(H,26,27)/b20-16-. The minimum absolute atomic E-state index is 0.0651. The van der Waals surface area contributed by atoms with Gasteiger partial charge in [0.1, 0.15) is 11.6 Å². The predicted octanol–water partition coefficient (Wildman–Crippen LogP) is 4.65. The van der Waals surface area contributed by atoms with Gasteiger partial charge in [0.2, 0.25) is 0 Å². The van der Waals surface area contributed by atoms with Gasteiger partial charge >= 0.3 is 0 Å². The summed E-state index contributed by atoms with van der Waals surface area (Å²) in [6.07, 6.45) is 6.97.